The quantitative estimate of drug-likeness (QED) is 0.703. The maximum Gasteiger partial charge on any atom is 0.414 e. The van der Waals surface area contributed by atoms with E-state index in [0.29, 0.717) is 0 Å². The Balaban J connectivity index is 0.000000487. The van der Waals surface area contributed by atoms with Crippen molar-refractivity contribution in [1.29, 1.82) is 0 Å². The number of anilines is 1. The van der Waals surface area contributed by atoms with Gasteiger partial charge in [-0.25, -0.2) is 9.59 Å². The van der Waals surface area contributed by atoms with Crippen LogP contribution in [0.15, 0.2) is 36.4 Å². The third kappa shape index (κ3) is 6.72. The van der Waals surface area contributed by atoms with Crippen molar-refractivity contribution in [1.82, 2.24) is 0 Å². The van der Waals surface area contributed by atoms with E-state index in [1.807, 2.05) is 18.2 Å². The zero-order valence-corrected chi connectivity index (χ0v) is 15.2. The number of carbonyl (C=O) groups is 2. The summed E-state index contributed by atoms with van der Waals surface area (Å²) in [5.41, 5.74) is 4.84. The first kappa shape index (κ1) is 20.8. The minimum atomic E-state index is -1.82. The van der Waals surface area contributed by atoms with Crippen molar-refractivity contribution in [3.8, 4) is 11.5 Å². The van der Waals surface area contributed by atoms with Crippen molar-refractivity contribution in [3.63, 3.8) is 0 Å². The summed E-state index contributed by atoms with van der Waals surface area (Å²) in [7, 11) is 3.32. The molecule has 3 N–H and O–H groups in total. The summed E-state index contributed by atoms with van der Waals surface area (Å²) in [6.07, 6.45) is 0. The van der Waals surface area contributed by atoms with Crippen molar-refractivity contribution in [3.05, 3.63) is 53.1 Å². The van der Waals surface area contributed by atoms with Crippen molar-refractivity contribution in [2.45, 2.75) is 20.4 Å². The van der Waals surface area contributed by atoms with Gasteiger partial charge in [0.25, 0.3) is 0 Å². The number of ether oxygens (including phenoxy) is 2. The van der Waals surface area contributed by atoms with E-state index in [9.17, 15) is 0 Å². The maximum absolute atomic E-state index is 9.10. The van der Waals surface area contributed by atoms with Crippen LogP contribution < -0.4 is 14.8 Å². The van der Waals surface area contributed by atoms with Crippen molar-refractivity contribution >= 4 is 17.6 Å². The van der Waals surface area contributed by atoms with Crippen molar-refractivity contribution < 1.29 is 29.3 Å². The molecular formula is C19H23NO6. The van der Waals surface area contributed by atoms with Gasteiger partial charge in [0.2, 0.25) is 0 Å². The van der Waals surface area contributed by atoms with Crippen LogP contribution in [0.25, 0.3) is 0 Å². The molecule has 0 bridgehead atoms. The van der Waals surface area contributed by atoms with Gasteiger partial charge in [0, 0.05) is 18.3 Å². The van der Waals surface area contributed by atoms with E-state index in [-0.39, 0.29) is 0 Å². The Hall–Kier alpha value is -3.22. The molecule has 0 aliphatic carbocycles. The summed E-state index contributed by atoms with van der Waals surface area (Å²) >= 11 is 0. The molecule has 0 aliphatic rings. The van der Waals surface area contributed by atoms with Crippen LogP contribution in [0.3, 0.4) is 0 Å². The Labute approximate surface area is 152 Å². The van der Waals surface area contributed by atoms with E-state index in [0.717, 1.165) is 29.3 Å². The van der Waals surface area contributed by atoms with Gasteiger partial charge in [-0.2, -0.15) is 0 Å². The van der Waals surface area contributed by atoms with Gasteiger partial charge in [-0.05, 0) is 54.8 Å². The molecule has 0 heterocycles. The van der Waals surface area contributed by atoms with Gasteiger partial charge in [-0.15, -0.1) is 0 Å². The van der Waals surface area contributed by atoms with Crippen LogP contribution >= 0.6 is 0 Å². The number of aliphatic carboxylic acids is 2. The highest BCUT2D eigenvalue weighted by Crippen LogP contribution is 2.23. The molecule has 0 amide bonds. The molecule has 0 spiro atoms. The summed E-state index contributed by atoms with van der Waals surface area (Å²) in [6, 6.07) is 12.3. The number of carboxylic acids is 2. The Bertz CT molecular complexity index is 738. The minimum absolute atomic E-state index is 0.732. The van der Waals surface area contributed by atoms with Crippen LogP contribution in [0.1, 0.15) is 16.7 Å². The molecule has 0 radical (unpaired) electrons. The molecule has 26 heavy (non-hydrogen) atoms. The first-order chi connectivity index (χ1) is 12.3. The van der Waals surface area contributed by atoms with Crippen LogP contribution in [-0.2, 0) is 16.1 Å². The molecule has 2 aromatic rings. The molecule has 0 saturated carbocycles. The average Bonchev–Trinajstić information content (AvgIpc) is 2.62. The van der Waals surface area contributed by atoms with Crippen molar-refractivity contribution in [2.75, 3.05) is 19.5 Å². The van der Waals surface area contributed by atoms with E-state index in [1.54, 1.807) is 14.2 Å². The number of hydrogen-bond acceptors (Lipinski definition) is 5. The molecule has 2 aromatic carbocycles. The Morgan fingerprint density at radius 1 is 0.885 bits per heavy atom. The van der Waals surface area contributed by atoms with E-state index in [1.165, 1.54) is 11.1 Å². The van der Waals surface area contributed by atoms with Gasteiger partial charge in [-0.1, -0.05) is 6.07 Å². The van der Waals surface area contributed by atoms with E-state index >= 15 is 0 Å². The van der Waals surface area contributed by atoms with E-state index < -0.39 is 11.9 Å². The first-order valence-corrected chi connectivity index (χ1v) is 7.76. The number of methoxy groups -OCH3 is 2. The zero-order chi connectivity index (χ0) is 19.7. The fourth-order valence-electron chi connectivity index (χ4n) is 2.02. The monoisotopic (exact) mass is 361 g/mol. The summed E-state index contributed by atoms with van der Waals surface area (Å²) < 4.78 is 10.6. The highest BCUT2D eigenvalue weighted by atomic mass is 16.5. The van der Waals surface area contributed by atoms with Crippen LogP contribution in [-0.4, -0.2) is 36.4 Å². The second kappa shape index (κ2) is 9.93. The summed E-state index contributed by atoms with van der Waals surface area (Å²) in [6.45, 7) is 4.97. The van der Waals surface area contributed by atoms with Gasteiger partial charge in [0.05, 0.1) is 14.2 Å². The molecule has 7 nitrogen and oxygen atoms in total. The maximum atomic E-state index is 9.10. The number of carboxylic acid groups (broad SMARTS) is 2. The molecular weight excluding hydrogens is 338 g/mol. The molecule has 0 atom stereocenters. The molecule has 140 valence electrons. The largest absolute Gasteiger partial charge is 0.497 e. The molecule has 0 aliphatic heterocycles. The number of nitrogens with one attached hydrogen (secondary N) is 1. The van der Waals surface area contributed by atoms with Gasteiger partial charge < -0.3 is 25.0 Å². The predicted molar refractivity (Wildman–Crippen MR) is 98.1 cm³/mol. The van der Waals surface area contributed by atoms with Gasteiger partial charge in [0.15, 0.2) is 0 Å². The first-order valence-electron chi connectivity index (χ1n) is 7.76. The fourth-order valence-corrected chi connectivity index (χ4v) is 2.02. The molecule has 0 unspecified atom stereocenters. The minimum Gasteiger partial charge on any atom is -0.497 e. The molecule has 2 rings (SSSR count). The lowest BCUT2D eigenvalue weighted by atomic mass is 10.1. The lowest BCUT2D eigenvalue weighted by molar-refractivity contribution is -0.159. The van der Waals surface area contributed by atoms with Crippen LogP contribution in [0.4, 0.5) is 5.69 Å². The zero-order valence-electron chi connectivity index (χ0n) is 15.2. The molecule has 0 aromatic heterocycles. The van der Waals surface area contributed by atoms with Crippen molar-refractivity contribution in [2.24, 2.45) is 0 Å². The second-order valence-electron chi connectivity index (χ2n) is 5.48. The third-order valence-corrected chi connectivity index (χ3v) is 3.60. The smallest absolute Gasteiger partial charge is 0.414 e. The van der Waals surface area contributed by atoms with Gasteiger partial charge >= 0.3 is 11.9 Å². The van der Waals surface area contributed by atoms with Crippen LogP contribution in [0, 0.1) is 13.8 Å². The Morgan fingerprint density at radius 2 is 1.42 bits per heavy atom. The topological polar surface area (TPSA) is 105 Å². The van der Waals surface area contributed by atoms with Gasteiger partial charge in [0.1, 0.15) is 11.5 Å². The number of benzene rings is 2. The average molecular weight is 361 g/mol. The SMILES string of the molecule is COc1cc(CNc2ccc(C)c(C)c2)cc(OC)c1.O=C(O)C(=O)O. The predicted octanol–water partition coefficient (Wildman–Crippen LogP) is 3.09. The van der Waals surface area contributed by atoms with E-state index in [4.69, 9.17) is 29.3 Å². The number of hydrogen-bond donors (Lipinski definition) is 3. The third-order valence-electron chi connectivity index (χ3n) is 3.60. The molecule has 7 heteroatoms. The number of aryl methyl sites for hydroxylation is 2. The molecule has 0 fully saturated rings. The van der Waals surface area contributed by atoms with E-state index in [2.05, 4.69) is 37.4 Å². The van der Waals surface area contributed by atoms with Crippen LogP contribution in [0.5, 0.6) is 11.5 Å². The van der Waals surface area contributed by atoms with Gasteiger partial charge in [-0.3, -0.25) is 0 Å². The highest BCUT2D eigenvalue weighted by molar-refractivity contribution is 6.27. The second-order valence-corrected chi connectivity index (χ2v) is 5.48. The Kier molecular flexibility index (Phi) is 7.95. The van der Waals surface area contributed by atoms with Crippen LogP contribution in [0.2, 0.25) is 0 Å². The normalized spacial score (nSPS) is 9.54. The summed E-state index contributed by atoms with van der Waals surface area (Å²) in [4.78, 5) is 18.2. The lowest BCUT2D eigenvalue weighted by Crippen LogP contribution is -2.09. The summed E-state index contributed by atoms with van der Waals surface area (Å²) in [5.74, 6) is -2.03. The summed E-state index contributed by atoms with van der Waals surface area (Å²) in [5, 5.41) is 18.2. The number of rotatable bonds is 5. The Morgan fingerprint density at radius 3 is 1.85 bits per heavy atom. The molecule has 0 saturated heterocycles. The lowest BCUT2D eigenvalue weighted by Gasteiger charge is -2.11. The highest BCUT2D eigenvalue weighted by Gasteiger charge is 2.04. The fraction of sp³-hybridized carbons (Fsp3) is 0.263. The standard InChI is InChI=1S/C17H21NO2.C2H2O4/c1-12-5-6-15(7-13(12)2)18-11-14-8-16(19-3)10-17(9-14)20-4;3-1(4)2(5)6/h5-10,18H,11H2,1-4H3;(H,3,4)(H,5,6).